The minimum absolute atomic E-state index is 0.613. The molecular formula is C41H25N3O. The van der Waals surface area contributed by atoms with Crippen molar-refractivity contribution in [3.8, 4) is 45.3 Å². The molecule has 0 amide bonds. The van der Waals surface area contributed by atoms with Crippen LogP contribution in [-0.4, -0.2) is 15.0 Å². The molecule has 45 heavy (non-hydrogen) atoms. The van der Waals surface area contributed by atoms with Gasteiger partial charge in [-0.1, -0.05) is 127 Å². The molecule has 210 valence electrons. The largest absolute Gasteiger partial charge is 0.456 e. The van der Waals surface area contributed by atoms with Gasteiger partial charge in [-0.2, -0.15) is 0 Å². The number of para-hydroxylation sites is 1. The van der Waals surface area contributed by atoms with Gasteiger partial charge in [0.2, 0.25) is 0 Å². The summed E-state index contributed by atoms with van der Waals surface area (Å²) in [5, 5.41) is 6.74. The van der Waals surface area contributed by atoms with Crippen molar-refractivity contribution in [2.45, 2.75) is 0 Å². The fraction of sp³-hybridized carbons (Fsp3) is 0. The fourth-order valence-corrected chi connectivity index (χ4v) is 6.48. The van der Waals surface area contributed by atoms with Crippen LogP contribution in [-0.2, 0) is 0 Å². The molecule has 0 unspecified atom stereocenters. The molecule has 0 spiro atoms. The second-order valence-electron chi connectivity index (χ2n) is 11.2. The standard InChI is InChI=1S/C41H25N3O/c1-3-13-26(14-4-1)37-33(23-24-36-38(37)32-21-11-12-22-35(32)45-36)40-42-39(27-15-5-2-6-16-27)43-41(44-40)34-25-28-17-7-8-18-29(28)30-19-9-10-20-31(30)34/h1-25H. The van der Waals surface area contributed by atoms with Crippen molar-refractivity contribution in [2.24, 2.45) is 0 Å². The number of aromatic nitrogens is 3. The van der Waals surface area contributed by atoms with E-state index in [0.29, 0.717) is 17.5 Å². The Bertz CT molecular complexity index is 2540. The number of fused-ring (bicyclic) bond motifs is 6. The zero-order valence-corrected chi connectivity index (χ0v) is 24.2. The molecule has 0 aliphatic carbocycles. The van der Waals surface area contributed by atoms with E-state index in [2.05, 4.69) is 97.1 Å². The molecule has 4 heteroatoms. The Morgan fingerprint density at radius 3 is 1.73 bits per heavy atom. The molecule has 0 radical (unpaired) electrons. The van der Waals surface area contributed by atoms with Crippen LogP contribution in [0.4, 0.5) is 0 Å². The average Bonchev–Trinajstić information content (AvgIpc) is 3.50. The van der Waals surface area contributed by atoms with Crippen molar-refractivity contribution in [1.82, 2.24) is 15.0 Å². The van der Waals surface area contributed by atoms with Crippen molar-refractivity contribution < 1.29 is 4.42 Å². The normalized spacial score (nSPS) is 11.6. The highest BCUT2D eigenvalue weighted by molar-refractivity contribution is 6.16. The maximum atomic E-state index is 6.33. The van der Waals surface area contributed by atoms with Crippen LogP contribution in [0.2, 0.25) is 0 Å². The lowest BCUT2D eigenvalue weighted by Gasteiger charge is -2.14. The summed E-state index contributed by atoms with van der Waals surface area (Å²) in [4.78, 5) is 15.5. The second-order valence-corrected chi connectivity index (χ2v) is 11.2. The highest BCUT2D eigenvalue weighted by atomic mass is 16.3. The topological polar surface area (TPSA) is 51.8 Å². The third kappa shape index (κ3) is 4.19. The molecule has 2 heterocycles. The molecule has 0 aliphatic rings. The summed E-state index contributed by atoms with van der Waals surface area (Å²) < 4.78 is 6.33. The minimum Gasteiger partial charge on any atom is -0.456 e. The Morgan fingerprint density at radius 2 is 0.956 bits per heavy atom. The molecule has 0 aliphatic heterocycles. The van der Waals surface area contributed by atoms with Gasteiger partial charge in [-0.3, -0.25) is 0 Å². The van der Waals surface area contributed by atoms with Gasteiger partial charge in [0.25, 0.3) is 0 Å². The van der Waals surface area contributed by atoms with Gasteiger partial charge in [0.15, 0.2) is 17.5 Å². The molecule has 4 nitrogen and oxygen atoms in total. The average molecular weight is 576 g/mol. The smallest absolute Gasteiger partial charge is 0.164 e. The maximum absolute atomic E-state index is 6.33. The van der Waals surface area contributed by atoms with Crippen LogP contribution < -0.4 is 0 Å². The van der Waals surface area contributed by atoms with Crippen molar-refractivity contribution in [1.29, 1.82) is 0 Å². The molecule has 0 saturated carbocycles. The number of hydrogen-bond donors (Lipinski definition) is 0. The number of nitrogens with zero attached hydrogens (tertiary/aromatic N) is 3. The molecule has 2 aromatic heterocycles. The van der Waals surface area contributed by atoms with E-state index in [1.54, 1.807) is 0 Å². The molecule has 7 aromatic carbocycles. The first-order valence-corrected chi connectivity index (χ1v) is 15.0. The molecule has 0 fully saturated rings. The summed E-state index contributed by atoms with van der Waals surface area (Å²) >= 11 is 0. The van der Waals surface area contributed by atoms with Gasteiger partial charge >= 0.3 is 0 Å². The van der Waals surface area contributed by atoms with E-state index in [4.69, 9.17) is 19.4 Å². The van der Waals surface area contributed by atoms with Crippen LogP contribution in [0.3, 0.4) is 0 Å². The Balaban J connectivity index is 1.39. The number of benzene rings is 7. The third-order valence-electron chi connectivity index (χ3n) is 8.52. The second kappa shape index (κ2) is 10.2. The summed E-state index contributed by atoms with van der Waals surface area (Å²) in [6, 6.07) is 52.1. The molecule has 0 N–H and O–H groups in total. The SMILES string of the molecule is c1ccc(-c2nc(-c3ccc4oc5ccccc5c4c3-c3ccccc3)nc(-c3cc4ccccc4c4ccccc34)n2)cc1. The van der Waals surface area contributed by atoms with Gasteiger partial charge in [-0.25, -0.2) is 15.0 Å². The summed E-state index contributed by atoms with van der Waals surface area (Å²) in [6.07, 6.45) is 0. The van der Waals surface area contributed by atoms with Crippen LogP contribution in [0.15, 0.2) is 156 Å². The van der Waals surface area contributed by atoms with E-state index in [1.807, 2.05) is 54.6 Å². The van der Waals surface area contributed by atoms with Gasteiger partial charge in [-0.15, -0.1) is 0 Å². The Labute approximate surface area is 259 Å². The van der Waals surface area contributed by atoms with Crippen molar-refractivity contribution >= 4 is 43.5 Å². The quantitative estimate of drug-likeness (QED) is 0.196. The number of furan rings is 1. The monoisotopic (exact) mass is 575 g/mol. The third-order valence-corrected chi connectivity index (χ3v) is 8.52. The predicted octanol–water partition coefficient (Wildman–Crippen LogP) is 10.7. The lowest BCUT2D eigenvalue weighted by Crippen LogP contribution is -2.02. The fourth-order valence-electron chi connectivity index (χ4n) is 6.48. The first kappa shape index (κ1) is 25.4. The Morgan fingerprint density at radius 1 is 0.378 bits per heavy atom. The minimum atomic E-state index is 0.613. The molecule has 9 rings (SSSR count). The highest BCUT2D eigenvalue weighted by Crippen LogP contribution is 2.43. The number of rotatable bonds is 4. The summed E-state index contributed by atoms with van der Waals surface area (Å²) in [5.41, 5.74) is 6.63. The van der Waals surface area contributed by atoms with Crippen molar-refractivity contribution in [3.05, 3.63) is 152 Å². The lowest BCUT2D eigenvalue weighted by molar-refractivity contribution is 0.669. The van der Waals surface area contributed by atoms with Gasteiger partial charge in [-0.05, 0) is 51.4 Å². The van der Waals surface area contributed by atoms with E-state index in [1.165, 1.54) is 10.8 Å². The summed E-state index contributed by atoms with van der Waals surface area (Å²) in [5.74, 6) is 1.88. The maximum Gasteiger partial charge on any atom is 0.164 e. The van der Waals surface area contributed by atoms with E-state index in [9.17, 15) is 0 Å². The summed E-state index contributed by atoms with van der Waals surface area (Å²) in [7, 11) is 0. The van der Waals surface area contributed by atoms with E-state index < -0.39 is 0 Å². The van der Waals surface area contributed by atoms with Gasteiger partial charge in [0.05, 0.1) is 0 Å². The zero-order chi connectivity index (χ0) is 29.7. The summed E-state index contributed by atoms with van der Waals surface area (Å²) in [6.45, 7) is 0. The first-order valence-electron chi connectivity index (χ1n) is 15.0. The van der Waals surface area contributed by atoms with Crippen LogP contribution in [0.25, 0.3) is 88.8 Å². The van der Waals surface area contributed by atoms with E-state index in [-0.39, 0.29) is 0 Å². The molecule has 0 bridgehead atoms. The zero-order valence-electron chi connectivity index (χ0n) is 24.2. The molecule has 0 saturated heterocycles. The van der Waals surface area contributed by atoms with Gasteiger partial charge < -0.3 is 4.42 Å². The predicted molar refractivity (Wildman–Crippen MR) is 184 cm³/mol. The van der Waals surface area contributed by atoms with Crippen LogP contribution in [0.1, 0.15) is 0 Å². The van der Waals surface area contributed by atoms with E-state index in [0.717, 1.165) is 60.5 Å². The highest BCUT2D eigenvalue weighted by Gasteiger charge is 2.21. The van der Waals surface area contributed by atoms with E-state index >= 15 is 0 Å². The first-order chi connectivity index (χ1) is 22.3. The number of hydrogen-bond acceptors (Lipinski definition) is 4. The Hall–Kier alpha value is -6.13. The van der Waals surface area contributed by atoms with Crippen molar-refractivity contribution in [3.63, 3.8) is 0 Å². The van der Waals surface area contributed by atoms with Gasteiger partial charge in [0, 0.05) is 33.0 Å². The van der Waals surface area contributed by atoms with Crippen molar-refractivity contribution in [2.75, 3.05) is 0 Å². The van der Waals surface area contributed by atoms with Crippen LogP contribution in [0.5, 0.6) is 0 Å². The molecular weight excluding hydrogens is 550 g/mol. The van der Waals surface area contributed by atoms with Crippen LogP contribution >= 0.6 is 0 Å². The van der Waals surface area contributed by atoms with Crippen LogP contribution in [0, 0.1) is 0 Å². The van der Waals surface area contributed by atoms with Gasteiger partial charge in [0.1, 0.15) is 11.2 Å². The Kier molecular flexibility index (Phi) is 5.78. The lowest BCUT2D eigenvalue weighted by atomic mass is 9.93. The molecule has 0 atom stereocenters. The molecule has 9 aromatic rings.